The first-order valence-electron chi connectivity index (χ1n) is 8.16. The van der Waals surface area contributed by atoms with Gasteiger partial charge in [0.05, 0.1) is 15.6 Å². The van der Waals surface area contributed by atoms with E-state index in [4.69, 9.17) is 11.6 Å². The van der Waals surface area contributed by atoms with Crippen LogP contribution in [0, 0.1) is 11.7 Å². The van der Waals surface area contributed by atoms with Gasteiger partial charge < -0.3 is 9.88 Å². The van der Waals surface area contributed by atoms with Crippen LogP contribution in [-0.4, -0.2) is 36.3 Å². The standard InChI is InChI=1S/C17H19ClFN3O3S/c1-21-8-7-13(11-21)26(24,25)22-9-5-12(6-10-22)17(23)20-15-4-2-3-14(18)16(15)19/h2-4,7-8,11-12H,5-6,9-10H2,1H3,(H,20,23). The van der Waals surface area contributed by atoms with Crippen molar-refractivity contribution in [1.29, 1.82) is 0 Å². The van der Waals surface area contributed by atoms with Crippen LogP contribution in [0.15, 0.2) is 41.6 Å². The molecular formula is C17H19ClFN3O3S. The molecule has 26 heavy (non-hydrogen) atoms. The lowest BCUT2D eigenvalue weighted by molar-refractivity contribution is -0.120. The average molecular weight is 400 g/mol. The molecule has 2 heterocycles. The van der Waals surface area contributed by atoms with Gasteiger partial charge in [-0.15, -0.1) is 0 Å². The molecule has 0 bridgehead atoms. The first-order chi connectivity index (χ1) is 12.3. The molecule has 1 aliphatic rings. The number of carbonyl (C=O) groups is 1. The third-order valence-electron chi connectivity index (χ3n) is 4.48. The van der Waals surface area contributed by atoms with E-state index in [0.29, 0.717) is 12.8 Å². The number of sulfonamides is 1. The van der Waals surface area contributed by atoms with E-state index in [1.807, 2.05) is 0 Å². The van der Waals surface area contributed by atoms with E-state index in [1.165, 1.54) is 16.4 Å². The Labute approximate surface area is 156 Å². The van der Waals surface area contributed by atoms with E-state index in [0.717, 1.165) is 0 Å². The molecule has 6 nitrogen and oxygen atoms in total. The third-order valence-corrected chi connectivity index (χ3v) is 6.65. The van der Waals surface area contributed by atoms with Gasteiger partial charge in [0, 0.05) is 38.4 Å². The number of aromatic nitrogens is 1. The van der Waals surface area contributed by atoms with Crippen LogP contribution in [-0.2, 0) is 21.9 Å². The molecule has 1 fully saturated rings. The molecule has 2 aromatic rings. The summed E-state index contributed by atoms with van der Waals surface area (Å²) in [6.45, 7) is 0.487. The second-order valence-corrected chi connectivity index (χ2v) is 8.63. The molecule has 3 rings (SSSR count). The molecule has 0 unspecified atom stereocenters. The summed E-state index contributed by atoms with van der Waals surface area (Å²) >= 11 is 5.71. The van der Waals surface area contributed by atoms with Crippen LogP contribution in [0.4, 0.5) is 10.1 Å². The van der Waals surface area contributed by atoms with E-state index in [-0.39, 0.29) is 40.5 Å². The fraction of sp³-hybridized carbons (Fsp3) is 0.353. The summed E-state index contributed by atoms with van der Waals surface area (Å²) in [5.74, 6) is -1.38. The van der Waals surface area contributed by atoms with Crippen molar-refractivity contribution < 1.29 is 17.6 Å². The lowest BCUT2D eigenvalue weighted by Gasteiger charge is -2.30. The summed E-state index contributed by atoms with van der Waals surface area (Å²) in [6.07, 6.45) is 3.98. The van der Waals surface area contributed by atoms with Gasteiger partial charge in [0.15, 0.2) is 5.82 Å². The number of carbonyl (C=O) groups excluding carboxylic acids is 1. The van der Waals surface area contributed by atoms with E-state index >= 15 is 0 Å². The minimum absolute atomic E-state index is 0.0295. The van der Waals surface area contributed by atoms with E-state index in [2.05, 4.69) is 5.32 Å². The Morgan fingerprint density at radius 2 is 1.96 bits per heavy atom. The summed E-state index contributed by atoms with van der Waals surface area (Å²) in [5.41, 5.74) is 0.0295. The fourth-order valence-electron chi connectivity index (χ4n) is 2.97. The van der Waals surface area contributed by atoms with Crippen molar-refractivity contribution in [3.63, 3.8) is 0 Å². The van der Waals surface area contributed by atoms with Gasteiger partial charge in [-0.05, 0) is 31.0 Å². The molecule has 140 valence electrons. The normalized spacial score (nSPS) is 16.6. The Morgan fingerprint density at radius 1 is 1.27 bits per heavy atom. The summed E-state index contributed by atoms with van der Waals surface area (Å²) < 4.78 is 42.2. The Bertz CT molecular complexity index is 921. The lowest BCUT2D eigenvalue weighted by atomic mass is 9.97. The highest BCUT2D eigenvalue weighted by atomic mass is 35.5. The maximum atomic E-state index is 13.9. The average Bonchev–Trinajstić information content (AvgIpc) is 3.06. The molecule has 0 atom stereocenters. The maximum Gasteiger partial charge on any atom is 0.244 e. The van der Waals surface area contributed by atoms with E-state index in [9.17, 15) is 17.6 Å². The van der Waals surface area contributed by atoms with Gasteiger partial charge in [-0.3, -0.25) is 4.79 Å². The minimum Gasteiger partial charge on any atom is -0.356 e. The van der Waals surface area contributed by atoms with Crippen molar-refractivity contribution in [3.05, 3.63) is 47.5 Å². The Hall–Kier alpha value is -1.90. The molecule has 0 spiro atoms. The van der Waals surface area contributed by atoms with Crippen LogP contribution >= 0.6 is 11.6 Å². The van der Waals surface area contributed by atoms with Crippen LogP contribution in [0.1, 0.15) is 12.8 Å². The minimum atomic E-state index is -3.56. The number of amides is 1. The molecule has 1 aromatic carbocycles. The molecule has 9 heteroatoms. The Morgan fingerprint density at radius 3 is 2.58 bits per heavy atom. The van der Waals surface area contributed by atoms with Crippen LogP contribution in [0.25, 0.3) is 0 Å². The van der Waals surface area contributed by atoms with Crippen molar-refractivity contribution >= 4 is 33.2 Å². The summed E-state index contributed by atoms with van der Waals surface area (Å²) in [7, 11) is -1.80. The predicted octanol–water partition coefficient (Wildman–Crippen LogP) is 2.86. The quantitative estimate of drug-likeness (QED) is 0.859. The maximum absolute atomic E-state index is 13.9. The number of hydrogen-bond donors (Lipinski definition) is 1. The second-order valence-electron chi connectivity index (χ2n) is 6.28. The van der Waals surface area contributed by atoms with Crippen molar-refractivity contribution in [2.24, 2.45) is 13.0 Å². The monoisotopic (exact) mass is 399 g/mol. The number of nitrogens with one attached hydrogen (secondary N) is 1. The van der Waals surface area contributed by atoms with Gasteiger partial charge in [0.1, 0.15) is 0 Å². The van der Waals surface area contributed by atoms with Gasteiger partial charge in [-0.2, -0.15) is 4.31 Å². The van der Waals surface area contributed by atoms with Crippen LogP contribution in [0.2, 0.25) is 5.02 Å². The molecular weight excluding hydrogens is 381 g/mol. The van der Waals surface area contributed by atoms with Crippen LogP contribution < -0.4 is 5.32 Å². The first-order valence-corrected chi connectivity index (χ1v) is 9.98. The van der Waals surface area contributed by atoms with Gasteiger partial charge in [-0.1, -0.05) is 17.7 Å². The largest absolute Gasteiger partial charge is 0.356 e. The predicted molar refractivity (Wildman–Crippen MR) is 96.9 cm³/mol. The number of halogens is 2. The SMILES string of the molecule is Cn1ccc(S(=O)(=O)N2CCC(C(=O)Nc3cccc(Cl)c3F)CC2)c1. The topological polar surface area (TPSA) is 71.4 Å². The fourth-order valence-corrected chi connectivity index (χ4v) is 4.67. The highest BCUT2D eigenvalue weighted by Crippen LogP contribution is 2.27. The lowest BCUT2D eigenvalue weighted by Crippen LogP contribution is -2.41. The van der Waals surface area contributed by atoms with Gasteiger partial charge in [0.2, 0.25) is 15.9 Å². The molecule has 1 amide bonds. The highest BCUT2D eigenvalue weighted by molar-refractivity contribution is 7.89. The third kappa shape index (κ3) is 3.77. The number of anilines is 1. The first kappa shape index (κ1) is 18.9. The highest BCUT2D eigenvalue weighted by Gasteiger charge is 2.32. The molecule has 1 saturated heterocycles. The molecule has 1 aliphatic heterocycles. The number of benzene rings is 1. The number of rotatable bonds is 4. The number of aryl methyl sites for hydroxylation is 1. The van der Waals surface area contributed by atoms with E-state index < -0.39 is 15.8 Å². The summed E-state index contributed by atoms with van der Waals surface area (Å²) in [5, 5.41) is 2.48. The van der Waals surface area contributed by atoms with Gasteiger partial charge in [0.25, 0.3) is 0 Å². The van der Waals surface area contributed by atoms with Gasteiger partial charge in [-0.25, -0.2) is 12.8 Å². The molecule has 0 radical (unpaired) electrons. The molecule has 0 saturated carbocycles. The zero-order valence-corrected chi connectivity index (χ0v) is 15.7. The number of piperidine rings is 1. The number of hydrogen-bond acceptors (Lipinski definition) is 3. The van der Waals surface area contributed by atoms with Crippen molar-refractivity contribution in [2.45, 2.75) is 17.7 Å². The molecule has 0 aliphatic carbocycles. The number of nitrogens with zero attached hydrogens (tertiary/aromatic N) is 2. The zero-order valence-electron chi connectivity index (χ0n) is 14.2. The molecule has 1 aromatic heterocycles. The summed E-state index contributed by atoms with van der Waals surface area (Å²) in [6, 6.07) is 5.94. The summed E-state index contributed by atoms with van der Waals surface area (Å²) in [4.78, 5) is 12.6. The smallest absolute Gasteiger partial charge is 0.244 e. The van der Waals surface area contributed by atoms with Crippen molar-refractivity contribution in [3.8, 4) is 0 Å². The van der Waals surface area contributed by atoms with Crippen LogP contribution in [0.5, 0.6) is 0 Å². The van der Waals surface area contributed by atoms with E-state index in [1.54, 1.807) is 36.1 Å². The Kier molecular flexibility index (Phi) is 5.36. The second kappa shape index (κ2) is 7.38. The van der Waals surface area contributed by atoms with Crippen molar-refractivity contribution in [1.82, 2.24) is 8.87 Å². The Balaban J connectivity index is 1.63. The van der Waals surface area contributed by atoms with Gasteiger partial charge >= 0.3 is 0 Å². The van der Waals surface area contributed by atoms with Crippen LogP contribution in [0.3, 0.4) is 0 Å². The zero-order chi connectivity index (χ0) is 18.9. The van der Waals surface area contributed by atoms with Crippen molar-refractivity contribution in [2.75, 3.05) is 18.4 Å². The molecule has 1 N–H and O–H groups in total.